The largest absolute Gasteiger partial charge is 0.416 e. The van der Waals surface area contributed by atoms with Crippen LogP contribution in [0.4, 0.5) is 13.2 Å². The number of aliphatic hydroxyl groups is 2. The minimum absolute atomic E-state index is 0.112. The average molecular weight is 307 g/mol. The highest BCUT2D eigenvalue weighted by Crippen LogP contribution is 2.30. The van der Waals surface area contributed by atoms with E-state index < -0.39 is 23.9 Å². The predicted molar refractivity (Wildman–Crippen MR) is 71.8 cm³/mol. The van der Waals surface area contributed by atoms with Crippen LogP contribution in [0.5, 0.6) is 0 Å². The normalized spacial score (nSPS) is 15.0. The third kappa shape index (κ3) is 6.43. The number of nitrogens with one attached hydrogen (secondary N) is 1. The molecule has 0 aromatic heterocycles. The van der Waals surface area contributed by atoms with Crippen LogP contribution in [0.3, 0.4) is 0 Å². The van der Waals surface area contributed by atoms with E-state index in [2.05, 4.69) is 5.32 Å². The van der Waals surface area contributed by atoms with Crippen LogP contribution in [0.15, 0.2) is 24.3 Å². The van der Waals surface area contributed by atoms with Gasteiger partial charge in [0.2, 0.25) is 0 Å². The molecule has 1 aromatic carbocycles. The number of benzene rings is 1. The maximum Gasteiger partial charge on any atom is 0.416 e. The molecule has 0 heterocycles. The Balaban J connectivity index is 2.44. The molecule has 4 nitrogen and oxygen atoms in total. The van der Waals surface area contributed by atoms with Gasteiger partial charge in [0.15, 0.2) is 0 Å². The number of methoxy groups -OCH3 is 1. The molecule has 3 N–H and O–H groups in total. The van der Waals surface area contributed by atoms with Crippen molar-refractivity contribution in [3.8, 4) is 0 Å². The summed E-state index contributed by atoms with van der Waals surface area (Å²) >= 11 is 0. The van der Waals surface area contributed by atoms with Gasteiger partial charge in [-0.25, -0.2) is 0 Å². The van der Waals surface area contributed by atoms with Gasteiger partial charge in [0.05, 0.1) is 24.4 Å². The maximum absolute atomic E-state index is 12.6. The summed E-state index contributed by atoms with van der Waals surface area (Å²) < 4.78 is 42.4. The number of aliphatic hydroxyl groups excluding tert-OH is 2. The van der Waals surface area contributed by atoms with E-state index in [4.69, 9.17) is 4.74 Å². The molecule has 0 radical (unpaired) electrons. The Hall–Kier alpha value is -1.15. The molecule has 2 unspecified atom stereocenters. The summed E-state index contributed by atoms with van der Waals surface area (Å²) in [5.74, 6) is 0. The minimum Gasteiger partial charge on any atom is -0.391 e. The van der Waals surface area contributed by atoms with Gasteiger partial charge in [-0.15, -0.1) is 0 Å². The Morgan fingerprint density at radius 1 is 1.29 bits per heavy atom. The SMILES string of the molecule is COCC(O)CCNCC(O)c1cccc(C(F)(F)F)c1. The van der Waals surface area contributed by atoms with Crippen LogP contribution in [0.1, 0.15) is 23.7 Å². The van der Waals surface area contributed by atoms with Crippen molar-refractivity contribution in [3.05, 3.63) is 35.4 Å². The summed E-state index contributed by atoms with van der Waals surface area (Å²) in [6, 6.07) is 4.61. The monoisotopic (exact) mass is 307 g/mol. The Morgan fingerprint density at radius 3 is 2.62 bits per heavy atom. The fourth-order valence-corrected chi connectivity index (χ4v) is 1.82. The topological polar surface area (TPSA) is 61.7 Å². The molecule has 2 atom stereocenters. The molecule has 1 rings (SSSR count). The quantitative estimate of drug-likeness (QED) is 0.640. The van der Waals surface area contributed by atoms with Crippen molar-refractivity contribution in [2.45, 2.75) is 24.8 Å². The fourth-order valence-electron chi connectivity index (χ4n) is 1.82. The van der Waals surface area contributed by atoms with Crippen LogP contribution in [0, 0.1) is 0 Å². The summed E-state index contributed by atoms with van der Waals surface area (Å²) in [5.41, 5.74) is -0.579. The summed E-state index contributed by atoms with van der Waals surface area (Å²) in [5, 5.41) is 22.2. The van der Waals surface area contributed by atoms with Gasteiger partial charge in [-0.05, 0) is 30.7 Å². The van der Waals surface area contributed by atoms with E-state index in [1.54, 1.807) is 0 Å². The van der Waals surface area contributed by atoms with E-state index in [9.17, 15) is 23.4 Å². The lowest BCUT2D eigenvalue weighted by Gasteiger charge is -2.15. The molecular weight excluding hydrogens is 287 g/mol. The van der Waals surface area contributed by atoms with E-state index in [-0.39, 0.29) is 18.7 Å². The van der Waals surface area contributed by atoms with E-state index in [1.165, 1.54) is 19.2 Å². The van der Waals surface area contributed by atoms with Crippen molar-refractivity contribution in [1.29, 1.82) is 0 Å². The predicted octanol–water partition coefficient (Wildman–Crippen LogP) is 1.73. The second-order valence-corrected chi connectivity index (χ2v) is 4.74. The molecular formula is C14H20F3NO3. The standard InChI is InChI=1S/C14H20F3NO3/c1-21-9-12(19)5-6-18-8-13(20)10-3-2-4-11(7-10)14(15,16)17/h2-4,7,12-13,18-20H,5-6,8-9H2,1H3. The van der Waals surface area contributed by atoms with Crippen molar-refractivity contribution < 1.29 is 28.1 Å². The van der Waals surface area contributed by atoms with E-state index >= 15 is 0 Å². The first-order valence-corrected chi connectivity index (χ1v) is 6.57. The number of alkyl halides is 3. The highest BCUT2D eigenvalue weighted by molar-refractivity contribution is 5.27. The Morgan fingerprint density at radius 2 is 2.00 bits per heavy atom. The molecule has 0 aliphatic rings. The molecule has 0 aliphatic carbocycles. The molecule has 0 aliphatic heterocycles. The highest BCUT2D eigenvalue weighted by atomic mass is 19.4. The number of ether oxygens (including phenoxy) is 1. The van der Waals surface area contributed by atoms with Gasteiger partial charge in [-0.1, -0.05) is 12.1 Å². The molecule has 1 aromatic rings. The van der Waals surface area contributed by atoms with Crippen molar-refractivity contribution in [2.75, 3.05) is 26.8 Å². The second-order valence-electron chi connectivity index (χ2n) is 4.74. The lowest BCUT2D eigenvalue weighted by Crippen LogP contribution is -2.27. The fraction of sp³-hybridized carbons (Fsp3) is 0.571. The van der Waals surface area contributed by atoms with E-state index in [0.717, 1.165) is 12.1 Å². The summed E-state index contributed by atoms with van der Waals surface area (Å²) in [4.78, 5) is 0. The van der Waals surface area contributed by atoms with Gasteiger partial charge >= 0.3 is 6.18 Å². The third-order valence-corrected chi connectivity index (χ3v) is 2.95. The van der Waals surface area contributed by atoms with Crippen molar-refractivity contribution in [2.24, 2.45) is 0 Å². The number of halogens is 3. The first kappa shape index (κ1) is 17.9. The van der Waals surface area contributed by atoms with Crippen LogP contribution < -0.4 is 5.32 Å². The van der Waals surface area contributed by atoms with Crippen molar-refractivity contribution in [3.63, 3.8) is 0 Å². The van der Waals surface area contributed by atoms with Gasteiger partial charge in [0.25, 0.3) is 0 Å². The molecule has 0 amide bonds. The van der Waals surface area contributed by atoms with Crippen molar-refractivity contribution >= 4 is 0 Å². The summed E-state index contributed by atoms with van der Waals surface area (Å²) in [7, 11) is 1.48. The van der Waals surface area contributed by atoms with Crippen LogP contribution in [0.2, 0.25) is 0 Å². The number of hydrogen-bond acceptors (Lipinski definition) is 4. The van der Waals surface area contributed by atoms with Gasteiger partial charge in [-0.2, -0.15) is 13.2 Å². The maximum atomic E-state index is 12.6. The minimum atomic E-state index is -4.42. The highest BCUT2D eigenvalue weighted by Gasteiger charge is 2.30. The zero-order valence-electron chi connectivity index (χ0n) is 11.7. The van der Waals surface area contributed by atoms with E-state index in [0.29, 0.717) is 13.0 Å². The average Bonchev–Trinajstić information content (AvgIpc) is 2.43. The van der Waals surface area contributed by atoms with Crippen molar-refractivity contribution in [1.82, 2.24) is 5.32 Å². The first-order valence-electron chi connectivity index (χ1n) is 6.57. The first-order chi connectivity index (χ1) is 9.84. The van der Waals surface area contributed by atoms with Crippen LogP contribution in [-0.4, -0.2) is 43.1 Å². The number of rotatable bonds is 8. The smallest absolute Gasteiger partial charge is 0.391 e. The summed E-state index contributed by atoms with van der Waals surface area (Å²) in [6.07, 6.45) is -5.63. The molecule has 0 spiro atoms. The van der Waals surface area contributed by atoms with Gasteiger partial charge in [0, 0.05) is 13.7 Å². The van der Waals surface area contributed by atoms with Gasteiger partial charge in [0.1, 0.15) is 0 Å². The number of hydrogen-bond donors (Lipinski definition) is 3. The lowest BCUT2D eigenvalue weighted by molar-refractivity contribution is -0.137. The molecule has 21 heavy (non-hydrogen) atoms. The zero-order valence-corrected chi connectivity index (χ0v) is 11.7. The lowest BCUT2D eigenvalue weighted by atomic mass is 10.1. The van der Waals surface area contributed by atoms with E-state index in [1.807, 2.05) is 0 Å². The Labute approximate surface area is 121 Å². The molecule has 120 valence electrons. The van der Waals surface area contributed by atoms with Crippen LogP contribution in [-0.2, 0) is 10.9 Å². The molecule has 0 saturated carbocycles. The van der Waals surface area contributed by atoms with Gasteiger partial charge in [-0.3, -0.25) is 0 Å². The summed E-state index contributed by atoms with van der Waals surface area (Å²) in [6.45, 7) is 0.763. The molecule has 0 saturated heterocycles. The molecule has 0 fully saturated rings. The zero-order chi connectivity index (χ0) is 15.9. The van der Waals surface area contributed by atoms with Crippen LogP contribution >= 0.6 is 0 Å². The Bertz CT molecular complexity index is 426. The van der Waals surface area contributed by atoms with Gasteiger partial charge < -0.3 is 20.3 Å². The Kier molecular flexibility index (Phi) is 7.10. The molecule has 0 bridgehead atoms. The second kappa shape index (κ2) is 8.33. The van der Waals surface area contributed by atoms with Crippen LogP contribution in [0.25, 0.3) is 0 Å². The third-order valence-electron chi connectivity index (χ3n) is 2.95. The molecule has 7 heteroatoms.